The van der Waals surface area contributed by atoms with Crippen LogP contribution in [-0.2, 0) is 4.79 Å². The first-order chi connectivity index (χ1) is 5.43. The van der Waals surface area contributed by atoms with Gasteiger partial charge in [-0.3, -0.25) is 4.79 Å². The molecule has 12 heavy (non-hydrogen) atoms. The highest BCUT2D eigenvalue weighted by Gasteiger charge is 2.34. The van der Waals surface area contributed by atoms with Crippen LogP contribution in [0, 0.1) is 5.92 Å². The summed E-state index contributed by atoms with van der Waals surface area (Å²) in [5.74, 6) is 0.423. The highest BCUT2D eigenvalue weighted by molar-refractivity contribution is 6.21. The summed E-state index contributed by atoms with van der Waals surface area (Å²) in [5.41, 5.74) is -0.290. The van der Waals surface area contributed by atoms with Gasteiger partial charge in [-0.2, -0.15) is 0 Å². The number of carbonyl (C=O) groups excluding carboxylic acids is 1. The zero-order chi connectivity index (χ0) is 9.35. The van der Waals surface area contributed by atoms with Crippen molar-refractivity contribution < 1.29 is 4.79 Å². The topological polar surface area (TPSA) is 29.1 Å². The molecule has 1 aliphatic carbocycles. The Morgan fingerprint density at radius 3 is 2.42 bits per heavy atom. The molecule has 0 aromatic heterocycles. The third-order valence-corrected chi connectivity index (χ3v) is 2.93. The highest BCUT2D eigenvalue weighted by atomic mass is 35.5. The fourth-order valence-electron chi connectivity index (χ4n) is 0.865. The van der Waals surface area contributed by atoms with E-state index in [9.17, 15) is 4.79 Å². The second kappa shape index (κ2) is 3.25. The molecule has 1 fully saturated rings. The first-order valence-corrected chi connectivity index (χ1v) is 4.83. The van der Waals surface area contributed by atoms with Crippen LogP contribution in [0.3, 0.4) is 0 Å². The Kier molecular flexibility index (Phi) is 2.67. The Labute approximate surface area is 78.7 Å². The summed E-state index contributed by atoms with van der Waals surface area (Å²) in [6.45, 7) is 5.80. The lowest BCUT2D eigenvalue weighted by Gasteiger charge is -2.28. The molecule has 1 saturated carbocycles. The molecule has 1 N–H and O–H groups in total. The standard InChI is InChI=1S/C9H16ClNO/c1-6(10)9(2,3)11-8(12)7-4-5-7/h6-7H,4-5H2,1-3H3,(H,11,12). The quantitative estimate of drug-likeness (QED) is 0.676. The van der Waals surface area contributed by atoms with Gasteiger partial charge in [-0.05, 0) is 33.6 Å². The number of rotatable bonds is 3. The van der Waals surface area contributed by atoms with Crippen molar-refractivity contribution in [1.29, 1.82) is 0 Å². The normalized spacial score (nSPS) is 20.3. The van der Waals surface area contributed by atoms with Crippen LogP contribution in [-0.4, -0.2) is 16.8 Å². The fourth-order valence-corrected chi connectivity index (χ4v) is 0.919. The summed E-state index contributed by atoms with van der Waals surface area (Å²) in [5, 5.41) is 2.91. The number of carbonyl (C=O) groups is 1. The minimum absolute atomic E-state index is 0.0415. The molecule has 1 aliphatic rings. The van der Waals surface area contributed by atoms with E-state index in [0.717, 1.165) is 12.8 Å². The summed E-state index contributed by atoms with van der Waals surface area (Å²) in [6.07, 6.45) is 2.08. The molecule has 0 bridgehead atoms. The lowest BCUT2D eigenvalue weighted by Crippen LogP contribution is -2.49. The fraction of sp³-hybridized carbons (Fsp3) is 0.889. The van der Waals surface area contributed by atoms with Gasteiger partial charge >= 0.3 is 0 Å². The molecule has 0 aliphatic heterocycles. The minimum atomic E-state index is -0.290. The molecule has 1 rings (SSSR count). The summed E-state index contributed by atoms with van der Waals surface area (Å²) < 4.78 is 0. The van der Waals surface area contributed by atoms with Gasteiger partial charge < -0.3 is 5.32 Å². The Bertz CT molecular complexity index is 185. The number of hydrogen-bond donors (Lipinski definition) is 1. The van der Waals surface area contributed by atoms with E-state index in [2.05, 4.69) is 5.32 Å². The molecule has 1 atom stereocenters. The third-order valence-electron chi connectivity index (χ3n) is 2.39. The van der Waals surface area contributed by atoms with Crippen molar-refractivity contribution in [3.63, 3.8) is 0 Å². The van der Waals surface area contributed by atoms with Gasteiger partial charge in [-0.1, -0.05) is 0 Å². The van der Waals surface area contributed by atoms with E-state index in [1.807, 2.05) is 20.8 Å². The van der Waals surface area contributed by atoms with E-state index >= 15 is 0 Å². The van der Waals surface area contributed by atoms with Crippen molar-refractivity contribution >= 4 is 17.5 Å². The van der Waals surface area contributed by atoms with E-state index in [-0.39, 0.29) is 22.7 Å². The molecular weight excluding hydrogens is 174 g/mol. The van der Waals surface area contributed by atoms with Gasteiger partial charge in [-0.25, -0.2) is 0 Å². The predicted octanol–water partition coefficient (Wildman–Crippen LogP) is 1.92. The molecule has 0 aromatic carbocycles. The molecule has 3 heteroatoms. The maximum Gasteiger partial charge on any atom is 0.223 e. The van der Waals surface area contributed by atoms with Crippen LogP contribution >= 0.6 is 11.6 Å². The lowest BCUT2D eigenvalue weighted by molar-refractivity contribution is -0.123. The predicted molar refractivity (Wildman–Crippen MR) is 50.3 cm³/mol. The molecule has 2 nitrogen and oxygen atoms in total. The number of alkyl halides is 1. The Morgan fingerprint density at radius 1 is 1.58 bits per heavy atom. The second-order valence-electron chi connectivity index (χ2n) is 4.10. The van der Waals surface area contributed by atoms with E-state index in [0.29, 0.717) is 0 Å². The summed E-state index contributed by atoms with van der Waals surface area (Å²) in [7, 11) is 0. The number of halogens is 1. The molecule has 1 unspecified atom stereocenters. The SMILES string of the molecule is CC(Cl)C(C)(C)NC(=O)C1CC1. The van der Waals surface area contributed by atoms with Crippen LogP contribution in [0.5, 0.6) is 0 Å². The van der Waals surface area contributed by atoms with Crippen LogP contribution in [0.25, 0.3) is 0 Å². The minimum Gasteiger partial charge on any atom is -0.350 e. The zero-order valence-electron chi connectivity index (χ0n) is 7.86. The van der Waals surface area contributed by atoms with E-state index < -0.39 is 0 Å². The lowest BCUT2D eigenvalue weighted by atomic mass is 10.0. The van der Waals surface area contributed by atoms with Gasteiger partial charge in [0.25, 0.3) is 0 Å². The number of nitrogens with one attached hydrogen (secondary N) is 1. The second-order valence-corrected chi connectivity index (χ2v) is 4.76. The molecule has 0 spiro atoms. The maximum absolute atomic E-state index is 11.4. The molecule has 0 aromatic rings. The van der Waals surface area contributed by atoms with Crippen molar-refractivity contribution in [2.45, 2.75) is 44.5 Å². The first kappa shape index (κ1) is 9.85. The monoisotopic (exact) mass is 189 g/mol. The summed E-state index contributed by atoms with van der Waals surface area (Å²) in [6, 6.07) is 0. The van der Waals surface area contributed by atoms with Crippen molar-refractivity contribution in [2.24, 2.45) is 5.92 Å². The Hall–Kier alpha value is -0.240. The largest absolute Gasteiger partial charge is 0.350 e. The van der Waals surface area contributed by atoms with Gasteiger partial charge in [0.15, 0.2) is 0 Å². The third kappa shape index (κ3) is 2.37. The maximum atomic E-state index is 11.4. The number of hydrogen-bond acceptors (Lipinski definition) is 1. The van der Waals surface area contributed by atoms with E-state index in [1.54, 1.807) is 0 Å². The summed E-state index contributed by atoms with van der Waals surface area (Å²) >= 11 is 5.92. The van der Waals surface area contributed by atoms with Crippen LogP contribution in [0.4, 0.5) is 0 Å². The first-order valence-electron chi connectivity index (χ1n) is 4.39. The Morgan fingerprint density at radius 2 is 2.08 bits per heavy atom. The van der Waals surface area contributed by atoms with Crippen LogP contribution in [0.15, 0.2) is 0 Å². The number of amides is 1. The highest BCUT2D eigenvalue weighted by Crippen LogP contribution is 2.30. The molecule has 70 valence electrons. The van der Waals surface area contributed by atoms with Crippen molar-refractivity contribution in [1.82, 2.24) is 5.32 Å². The van der Waals surface area contributed by atoms with E-state index in [4.69, 9.17) is 11.6 Å². The van der Waals surface area contributed by atoms with Gasteiger partial charge in [0.2, 0.25) is 5.91 Å². The van der Waals surface area contributed by atoms with Crippen molar-refractivity contribution in [3.05, 3.63) is 0 Å². The van der Waals surface area contributed by atoms with Crippen LogP contribution in [0.1, 0.15) is 33.6 Å². The molecule has 1 amide bonds. The summed E-state index contributed by atoms with van der Waals surface area (Å²) in [4.78, 5) is 11.4. The van der Waals surface area contributed by atoms with Gasteiger partial charge in [0, 0.05) is 5.92 Å². The Balaban J connectivity index is 2.42. The van der Waals surface area contributed by atoms with Gasteiger partial charge in [0.05, 0.1) is 10.9 Å². The molecule has 0 heterocycles. The molecule has 0 saturated heterocycles. The van der Waals surface area contributed by atoms with Gasteiger partial charge in [-0.15, -0.1) is 11.6 Å². The van der Waals surface area contributed by atoms with Crippen molar-refractivity contribution in [2.75, 3.05) is 0 Å². The molecule has 0 radical (unpaired) electrons. The molecular formula is C9H16ClNO. The average molecular weight is 190 g/mol. The van der Waals surface area contributed by atoms with Gasteiger partial charge in [0.1, 0.15) is 0 Å². The van der Waals surface area contributed by atoms with Crippen molar-refractivity contribution in [3.8, 4) is 0 Å². The smallest absolute Gasteiger partial charge is 0.223 e. The van der Waals surface area contributed by atoms with Crippen LogP contribution in [0.2, 0.25) is 0 Å². The zero-order valence-corrected chi connectivity index (χ0v) is 8.61. The van der Waals surface area contributed by atoms with Crippen LogP contribution < -0.4 is 5.32 Å². The van der Waals surface area contributed by atoms with E-state index in [1.165, 1.54) is 0 Å². The average Bonchev–Trinajstić information content (AvgIpc) is 2.65.